The Morgan fingerprint density at radius 3 is 2.76 bits per heavy atom. The van der Waals surface area contributed by atoms with E-state index in [1.165, 1.54) is 6.21 Å². The Bertz CT molecular complexity index is 1030. The zero-order valence-corrected chi connectivity index (χ0v) is 18.7. The van der Waals surface area contributed by atoms with Crippen molar-refractivity contribution < 1.29 is 23.9 Å². The van der Waals surface area contributed by atoms with Crippen molar-refractivity contribution in [2.45, 2.75) is 32.8 Å². The average molecular weight is 453 g/mol. The van der Waals surface area contributed by atoms with E-state index in [-0.39, 0.29) is 25.2 Å². The topological polar surface area (TPSA) is 118 Å². The van der Waals surface area contributed by atoms with Crippen LogP contribution in [0.25, 0.3) is 0 Å². The molecule has 1 aliphatic heterocycles. The zero-order chi connectivity index (χ0) is 23.6. The van der Waals surface area contributed by atoms with Crippen molar-refractivity contribution in [2.24, 2.45) is 5.10 Å². The van der Waals surface area contributed by atoms with E-state index >= 15 is 0 Å². The molecule has 3 rings (SSSR count). The number of carbonyl (C=O) groups is 3. The Balaban J connectivity index is 1.49. The molecule has 0 bridgehead atoms. The highest BCUT2D eigenvalue weighted by molar-refractivity contribution is 6.35. The van der Waals surface area contributed by atoms with E-state index in [0.29, 0.717) is 17.9 Å². The summed E-state index contributed by atoms with van der Waals surface area (Å²) in [5, 5.41) is 9.18. The number of aryl methyl sites for hydroxylation is 2. The minimum atomic E-state index is -0.879. The van der Waals surface area contributed by atoms with E-state index in [4.69, 9.17) is 9.47 Å². The summed E-state index contributed by atoms with van der Waals surface area (Å²) in [6, 6.07) is 12.7. The first-order chi connectivity index (χ1) is 15.9. The standard InChI is InChI=1S/C24H28N4O5/c1-16-9-10-17(2)20(12-16)27-22(29)15-33-21-8-4-3-6-18(21)13-26-28-24(31)23(30)25-14-19-7-5-11-32-19/h3-4,6,8-10,12-13,19H,5,7,11,14-15H2,1-2H3,(H,25,30)(H,27,29)(H,28,31)/b26-13-/t19-/m0/s1. The molecule has 0 saturated carbocycles. The van der Waals surface area contributed by atoms with E-state index in [0.717, 1.165) is 29.7 Å². The van der Waals surface area contributed by atoms with E-state index in [1.54, 1.807) is 24.3 Å². The number of ether oxygens (including phenoxy) is 2. The highest BCUT2D eigenvalue weighted by atomic mass is 16.5. The van der Waals surface area contributed by atoms with Crippen molar-refractivity contribution in [3.05, 3.63) is 59.2 Å². The van der Waals surface area contributed by atoms with Gasteiger partial charge in [0.25, 0.3) is 5.91 Å². The molecule has 174 valence electrons. The predicted octanol–water partition coefficient (Wildman–Crippen LogP) is 2.07. The number of hydrogen-bond acceptors (Lipinski definition) is 6. The fourth-order valence-corrected chi connectivity index (χ4v) is 3.22. The second-order valence-electron chi connectivity index (χ2n) is 7.74. The molecule has 0 aliphatic carbocycles. The number of hydrazone groups is 1. The number of nitrogens with zero attached hydrogens (tertiary/aromatic N) is 1. The molecule has 2 aromatic rings. The summed E-state index contributed by atoms with van der Waals surface area (Å²) >= 11 is 0. The van der Waals surface area contributed by atoms with Crippen molar-refractivity contribution >= 4 is 29.6 Å². The Labute approximate surface area is 192 Å². The molecule has 1 atom stereocenters. The Hall–Kier alpha value is -3.72. The monoisotopic (exact) mass is 452 g/mol. The lowest BCUT2D eigenvalue weighted by Crippen LogP contribution is -2.41. The third-order valence-electron chi connectivity index (χ3n) is 5.04. The second kappa shape index (κ2) is 11.8. The molecule has 3 amide bonds. The van der Waals surface area contributed by atoms with Gasteiger partial charge in [-0.3, -0.25) is 14.4 Å². The summed E-state index contributed by atoms with van der Waals surface area (Å²) in [5.41, 5.74) is 5.46. The number of para-hydroxylation sites is 1. The van der Waals surface area contributed by atoms with Gasteiger partial charge in [-0.15, -0.1) is 0 Å². The summed E-state index contributed by atoms with van der Waals surface area (Å²) in [5.74, 6) is -1.55. The van der Waals surface area contributed by atoms with Crippen molar-refractivity contribution in [3.8, 4) is 5.75 Å². The molecule has 3 N–H and O–H groups in total. The van der Waals surface area contributed by atoms with Crippen LogP contribution in [0.2, 0.25) is 0 Å². The van der Waals surface area contributed by atoms with Crippen LogP contribution in [0.15, 0.2) is 47.6 Å². The average Bonchev–Trinajstić information content (AvgIpc) is 3.33. The van der Waals surface area contributed by atoms with Gasteiger partial charge in [0.1, 0.15) is 5.75 Å². The SMILES string of the molecule is Cc1ccc(C)c(NC(=O)COc2ccccc2/C=N\NC(=O)C(=O)NC[C@@H]2CCCO2)c1. The Morgan fingerprint density at radius 1 is 1.15 bits per heavy atom. The van der Waals surface area contributed by atoms with Crippen LogP contribution in [0.5, 0.6) is 5.75 Å². The molecule has 0 radical (unpaired) electrons. The molecule has 1 fully saturated rings. The number of amides is 3. The smallest absolute Gasteiger partial charge is 0.329 e. The van der Waals surface area contributed by atoms with Crippen LogP contribution < -0.4 is 20.8 Å². The van der Waals surface area contributed by atoms with E-state index < -0.39 is 11.8 Å². The summed E-state index contributed by atoms with van der Waals surface area (Å²) in [6.45, 7) is 4.63. The van der Waals surface area contributed by atoms with Gasteiger partial charge in [0.15, 0.2) is 6.61 Å². The summed E-state index contributed by atoms with van der Waals surface area (Å²) in [4.78, 5) is 36.1. The third kappa shape index (κ3) is 7.43. The van der Waals surface area contributed by atoms with Gasteiger partial charge in [0, 0.05) is 24.4 Å². The number of rotatable bonds is 8. The summed E-state index contributed by atoms with van der Waals surface area (Å²) < 4.78 is 11.0. The quantitative estimate of drug-likeness (QED) is 0.322. The number of benzene rings is 2. The molecule has 33 heavy (non-hydrogen) atoms. The van der Waals surface area contributed by atoms with Crippen molar-refractivity contribution in [2.75, 3.05) is 25.1 Å². The van der Waals surface area contributed by atoms with Gasteiger partial charge in [-0.05, 0) is 56.0 Å². The first kappa shape index (κ1) is 23.9. The molecule has 1 saturated heterocycles. The fraction of sp³-hybridized carbons (Fsp3) is 0.333. The predicted molar refractivity (Wildman–Crippen MR) is 124 cm³/mol. The Kier molecular flexibility index (Phi) is 8.54. The van der Waals surface area contributed by atoms with Crippen LogP contribution >= 0.6 is 0 Å². The number of nitrogens with one attached hydrogen (secondary N) is 3. The number of anilines is 1. The molecule has 0 unspecified atom stereocenters. The Morgan fingerprint density at radius 2 is 1.97 bits per heavy atom. The minimum Gasteiger partial charge on any atom is -0.483 e. The van der Waals surface area contributed by atoms with Crippen LogP contribution in [0, 0.1) is 13.8 Å². The fourth-order valence-electron chi connectivity index (χ4n) is 3.22. The summed E-state index contributed by atoms with van der Waals surface area (Å²) in [7, 11) is 0. The second-order valence-corrected chi connectivity index (χ2v) is 7.74. The zero-order valence-electron chi connectivity index (χ0n) is 18.7. The van der Waals surface area contributed by atoms with Crippen molar-refractivity contribution in [1.29, 1.82) is 0 Å². The molecular formula is C24H28N4O5. The van der Waals surface area contributed by atoms with Gasteiger partial charge in [-0.1, -0.05) is 24.3 Å². The molecule has 0 aromatic heterocycles. The molecule has 1 heterocycles. The lowest BCUT2D eigenvalue weighted by atomic mass is 10.1. The number of hydrogen-bond donors (Lipinski definition) is 3. The highest BCUT2D eigenvalue weighted by Gasteiger charge is 2.19. The number of carbonyl (C=O) groups excluding carboxylic acids is 3. The maximum absolute atomic E-state index is 12.3. The normalized spacial score (nSPS) is 15.3. The van der Waals surface area contributed by atoms with Gasteiger partial charge in [-0.25, -0.2) is 5.43 Å². The van der Waals surface area contributed by atoms with Crippen LogP contribution in [0.3, 0.4) is 0 Å². The van der Waals surface area contributed by atoms with Crippen LogP contribution in [0.4, 0.5) is 5.69 Å². The minimum absolute atomic E-state index is 0.0543. The van der Waals surface area contributed by atoms with Crippen molar-refractivity contribution in [3.63, 3.8) is 0 Å². The van der Waals surface area contributed by atoms with Gasteiger partial charge < -0.3 is 20.1 Å². The maximum Gasteiger partial charge on any atom is 0.329 e. The van der Waals surface area contributed by atoms with Crippen molar-refractivity contribution in [1.82, 2.24) is 10.7 Å². The van der Waals surface area contributed by atoms with Gasteiger partial charge in [0.05, 0.1) is 12.3 Å². The molecule has 0 spiro atoms. The van der Waals surface area contributed by atoms with Crippen LogP contribution in [-0.4, -0.2) is 49.8 Å². The van der Waals surface area contributed by atoms with Gasteiger partial charge >= 0.3 is 11.8 Å². The van der Waals surface area contributed by atoms with Gasteiger partial charge in [0.2, 0.25) is 0 Å². The van der Waals surface area contributed by atoms with E-state index in [1.807, 2.05) is 32.0 Å². The lowest BCUT2D eigenvalue weighted by molar-refractivity contribution is -0.139. The molecule has 1 aliphatic rings. The van der Waals surface area contributed by atoms with E-state index in [2.05, 4.69) is 21.2 Å². The largest absolute Gasteiger partial charge is 0.483 e. The molecule has 2 aromatic carbocycles. The van der Waals surface area contributed by atoms with Gasteiger partial charge in [-0.2, -0.15) is 5.10 Å². The van der Waals surface area contributed by atoms with Crippen LogP contribution in [0.1, 0.15) is 29.5 Å². The first-order valence-corrected chi connectivity index (χ1v) is 10.7. The summed E-state index contributed by atoms with van der Waals surface area (Å²) in [6.07, 6.45) is 3.11. The molecule has 9 heteroatoms. The van der Waals surface area contributed by atoms with Crippen LogP contribution in [-0.2, 0) is 19.1 Å². The molecular weight excluding hydrogens is 424 g/mol. The highest BCUT2D eigenvalue weighted by Crippen LogP contribution is 2.18. The van der Waals surface area contributed by atoms with E-state index in [9.17, 15) is 14.4 Å². The maximum atomic E-state index is 12.3. The third-order valence-corrected chi connectivity index (χ3v) is 5.04. The lowest BCUT2D eigenvalue weighted by Gasteiger charge is -2.11. The molecule has 9 nitrogen and oxygen atoms in total. The first-order valence-electron chi connectivity index (χ1n) is 10.7.